The van der Waals surface area contributed by atoms with Crippen molar-refractivity contribution in [1.82, 2.24) is 5.32 Å². The van der Waals surface area contributed by atoms with Crippen LogP contribution in [-0.4, -0.2) is 46.9 Å². The van der Waals surface area contributed by atoms with E-state index in [1.165, 1.54) is 64.2 Å². The number of unbranched alkanes of at least 4 members (excludes halogenated alkanes) is 13. The molecule has 356 valence electrons. The summed E-state index contributed by atoms with van der Waals surface area (Å²) in [4.78, 5) is 26.0. The quantitative estimate of drug-likeness (QED) is 0.0322. The highest BCUT2D eigenvalue weighted by Gasteiger charge is 2.23. The van der Waals surface area contributed by atoms with Gasteiger partial charge in [-0.3, -0.25) is 9.59 Å². The molecule has 0 rings (SSSR count). The van der Waals surface area contributed by atoms with Crippen LogP contribution in [0.3, 0.4) is 0 Å². The Bertz CT molecular complexity index is 1350. The predicted octanol–water partition coefficient (Wildman–Crippen LogP) is 15.3. The number of aliphatic hydroxyl groups excluding tert-OH is 2. The van der Waals surface area contributed by atoms with Gasteiger partial charge in [-0.15, -0.1) is 0 Å². The van der Waals surface area contributed by atoms with Crippen LogP contribution in [0.25, 0.3) is 0 Å². The Kier molecular flexibility index (Phi) is 46.4. The molecule has 6 nitrogen and oxygen atoms in total. The van der Waals surface area contributed by atoms with E-state index >= 15 is 0 Å². The Morgan fingerprint density at radius 1 is 0.492 bits per heavy atom. The first kappa shape index (κ1) is 59.3. The van der Waals surface area contributed by atoms with E-state index < -0.39 is 18.2 Å². The monoisotopic (exact) mass is 872 g/mol. The van der Waals surface area contributed by atoms with E-state index in [0.717, 1.165) is 83.5 Å². The van der Waals surface area contributed by atoms with Crippen LogP contribution in [0.5, 0.6) is 0 Å². The van der Waals surface area contributed by atoms with Crippen molar-refractivity contribution in [3.05, 3.63) is 122 Å². The summed E-state index contributed by atoms with van der Waals surface area (Å²) < 4.78 is 5.79. The Balaban J connectivity index is 4.85. The van der Waals surface area contributed by atoms with Gasteiger partial charge in [0.15, 0.2) is 0 Å². The molecule has 1 amide bonds. The van der Waals surface area contributed by atoms with Crippen LogP contribution in [0.4, 0.5) is 0 Å². The molecule has 0 aromatic rings. The number of hydrogen-bond donors (Lipinski definition) is 3. The van der Waals surface area contributed by atoms with Gasteiger partial charge in [0, 0.05) is 6.42 Å². The van der Waals surface area contributed by atoms with Crippen molar-refractivity contribution in [2.24, 2.45) is 0 Å². The number of ether oxygens (including phenoxy) is 1. The molecule has 0 fully saturated rings. The maximum atomic E-state index is 13.2. The smallest absolute Gasteiger partial charge is 0.306 e. The minimum Gasteiger partial charge on any atom is -0.458 e. The first-order valence-electron chi connectivity index (χ1n) is 25.3. The van der Waals surface area contributed by atoms with Crippen molar-refractivity contribution >= 4 is 11.9 Å². The van der Waals surface area contributed by atoms with Crippen LogP contribution in [-0.2, 0) is 14.3 Å². The van der Waals surface area contributed by atoms with Crippen LogP contribution >= 0.6 is 0 Å². The van der Waals surface area contributed by atoms with E-state index in [9.17, 15) is 19.8 Å². The normalized spacial score (nSPS) is 14.3. The summed E-state index contributed by atoms with van der Waals surface area (Å²) in [6.07, 6.45) is 68.6. The van der Waals surface area contributed by atoms with Gasteiger partial charge in [-0.1, -0.05) is 220 Å². The van der Waals surface area contributed by atoms with Gasteiger partial charge in [-0.2, -0.15) is 0 Å². The highest BCUT2D eigenvalue weighted by atomic mass is 16.5. The van der Waals surface area contributed by atoms with E-state index in [1.54, 1.807) is 6.08 Å². The van der Waals surface area contributed by atoms with Gasteiger partial charge < -0.3 is 20.3 Å². The molecule has 3 unspecified atom stereocenters. The number of allylic oxidation sites excluding steroid dienone is 19. The van der Waals surface area contributed by atoms with Gasteiger partial charge in [0.2, 0.25) is 5.91 Å². The first-order chi connectivity index (χ1) is 31.0. The van der Waals surface area contributed by atoms with E-state index in [4.69, 9.17) is 4.74 Å². The SMILES string of the molecule is CC/C=C\C/C=C\C/C=C\C/C=C\C/C=C\CCCC(=O)OC(/C=C/C/C=C/C/C=C/C/C=C/C/C=C/CC)CC(=O)NC(CO)C(O)CCCCCCCCCCCCCCC. The van der Waals surface area contributed by atoms with Crippen molar-refractivity contribution < 1.29 is 24.5 Å². The molecule has 0 aliphatic heterocycles. The Labute approximate surface area is 387 Å². The van der Waals surface area contributed by atoms with Crippen molar-refractivity contribution in [3.8, 4) is 0 Å². The molecule has 0 aliphatic carbocycles. The van der Waals surface area contributed by atoms with E-state index in [-0.39, 0.29) is 31.3 Å². The van der Waals surface area contributed by atoms with Gasteiger partial charge in [-0.05, 0) is 89.5 Å². The summed E-state index contributed by atoms with van der Waals surface area (Å²) in [7, 11) is 0. The minimum absolute atomic E-state index is 0.0762. The van der Waals surface area contributed by atoms with Crippen LogP contribution in [0.1, 0.15) is 201 Å². The highest BCUT2D eigenvalue weighted by Crippen LogP contribution is 2.15. The lowest BCUT2D eigenvalue weighted by Crippen LogP contribution is -2.46. The summed E-state index contributed by atoms with van der Waals surface area (Å²) in [6, 6.07) is -0.761. The average molecular weight is 872 g/mol. The van der Waals surface area contributed by atoms with Gasteiger partial charge >= 0.3 is 5.97 Å². The van der Waals surface area contributed by atoms with Crippen molar-refractivity contribution in [1.29, 1.82) is 0 Å². The van der Waals surface area contributed by atoms with Gasteiger partial charge in [0.1, 0.15) is 6.10 Å². The zero-order chi connectivity index (χ0) is 45.9. The lowest BCUT2D eigenvalue weighted by Gasteiger charge is -2.23. The lowest BCUT2D eigenvalue weighted by molar-refractivity contribution is -0.148. The Hall–Kier alpha value is -3.74. The van der Waals surface area contributed by atoms with E-state index in [1.807, 2.05) is 6.08 Å². The highest BCUT2D eigenvalue weighted by molar-refractivity contribution is 5.78. The molecule has 0 spiro atoms. The molecule has 0 bridgehead atoms. The first-order valence-corrected chi connectivity index (χ1v) is 25.3. The molecule has 0 aromatic heterocycles. The summed E-state index contributed by atoms with van der Waals surface area (Å²) >= 11 is 0. The fourth-order valence-electron chi connectivity index (χ4n) is 6.78. The molecule has 6 heteroatoms. The third-order valence-corrected chi connectivity index (χ3v) is 10.5. The molecular weight excluding hydrogens is 779 g/mol. The fourth-order valence-corrected chi connectivity index (χ4v) is 6.78. The minimum atomic E-state index is -0.836. The van der Waals surface area contributed by atoms with Crippen molar-refractivity contribution in [2.75, 3.05) is 6.61 Å². The standard InChI is InChI=1S/C57H93NO5/c1-4-7-10-13-16-19-22-25-27-28-29-32-35-38-41-44-47-50-57(62)63-53(48-45-42-39-36-33-31-26-23-20-17-14-11-8-5-2)51-56(61)58-54(52-59)55(60)49-46-43-40-37-34-30-24-21-18-15-12-9-6-3/h7-8,10-11,16-17,19-20,25-27,29,31-32,36,38-39,41,45,48,53-55,59-60H,4-6,9,12-15,18,21-24,28,30,33-35,37,40,42-44,46-47,49-52H2,1-3H3,(H,58,61)/b10-7-,11-8+,19-16-,20-17+,27-25-,31-26+,32-29-,39-36+,41-38-,48-45+. The molecular formula is C57H93NO5. The number of esters is 1. The molecule has 0 radical (unpaired) electrons. The van der Waals surface area contributed by atoms with Crippen LogP contribution in [0.15, 0.2) is 122 Å². The summed E-state index contributed by atoms with van der Waals surface area (Å²) in [5, 5.41) is 23.7. The molecule has 0 aromatic carbocycles. The maximum absolute atomic E-state index is 13.2. The number of carbonyl (C=O) groups is 2. The van der Waals surface area contributed by atoms with Crippen LogP contribution in [0.2, 0.25) is 0 Å². The summed E-state index contributed by atoms with van der Waals surface area (Å²) in [5.41, 5.74) is 0. The molecule has 3 N–H and O–H groups in total. The fraction of sp³-hybridized carbons (Fsp3) is 0.614. The van der Waals surface area contributed by atoms with Crippen LogP contribution in [0, 0.1) is 0 Å². The van der Waals surface area contributed by atoms with Crippen molar-refractivity contribution in [3.63, 3.8) is 0 Å². The number of aliphatic hydroxyl groups is 2. The zero-order valence-corrected chi connectivity index (χ0v) is 40.4. The number of rotatable bonds is 43. The summed E-state index contributed by atoms with van der Waals surface area (Å²) in [5.74, 6) is -0.710. The van der Waals surface area contributed by atoms with Gasteiger partial charge in [0.05, 0.1) is 25.2 Å². The topological polar surface area (TPSA) is 95.9 Å². The van der Waals surface area contributed by atoms with Crippen LogP contribution < -0.4 is 5.32 Å². The van der Waals surface area contributed by atoms with Crippen molar-refractivity contribution in [2.45, 2.75) is 219 Å². The number of hydrogen-bond acceptors (Lipinski definition) is 5. The molecule has 0 saturated heterocycles. The average Bonchev–Trinajstić information content (AvgIpc) is 3.28. The number of carbonyl (C=O) groups excluding carboxylic acids is 2. The second-order valence-electron chi connectivity index (χ2n) is 16.5. The largest absolute Gasteiger partial charge is 0.458 e. The van der Waals surface area contributed by atoms with Gasteiger partial charge in [-0.25, -0.2) is 0 Å². The molecule has 0 aliphatic rings. The second kappa shape index (κ2) is 49.3. The second-order valence-corrected chi connectivity index (χ2v) is 16.5. The lowest BCUT2D eigenvalue weighted by atomic mass is 10.0. The van der Waals surface area contributed by atoms with Gasteiger partial charge in [0.25, 0.3) is 0 Å². The third-order valence-electron chi connectivity index (χ3n) is 10.5. The molecule has 0 saturated carbocycles. The molecule has 63 heavy (non-hydrogen) atoms. The number of amides is 1. The molecule has 0 heterocycles. The zero-order valence-electron chi connectivity index (χ0n) is 40.4. The predicted molar refractivity (Wildman–Crippen MR) is 273 cm³/mol. The number of nitrogens with one attached hydrogen (secondary N) is 1. The Morgan fingerprint density at radius 3 is 1.29 bits per heavy atom. The van der Waals surface area contributed by atoms with E-state index in [0.29, 0.717) is 19.3 Å². The molecule has 3 atom stereocenters. The van der Waals surface area contributed by atoms with E-state index in [2.05, 4.69) is 135 Å². The summed E-state index contributed by atoms with van der Waals surface area (Å²) in [6.45, 7) is 6.19. The Morgan fingerprint density at radius 2 is 0.873 bits per heavy atom. The third kappa shape index (κ3) is 44.7. The maximum Gasteiger partial charge on any atom is 0.306 e.